The molecular weight excluding hydrogens is 236 g/mol. The summed E-state index contributed by atoms with van der Waals surface area (Å²) < 4.78 is 8.52. The number of hydrogen-bond acceptors (Lipinski definition) is 3. The van der Waals surface area contributed by atoms with Crippen LogP contribution in [0.3, 0.4) is 0 Å². The van der Waals surface area contributed by atoms with Gasteiger partial charge in [0.05, 0.1) is 4.37 Å². The van der Waals surface area contributed by atoms with Crippen LogP contribution >= 0.6 is 21.1 Å². The number of hydrogen-bond donors (Lipinski definition) is 0. The zero-order chi connectivity index (χ0) is 11.0. The van der Waals surface area contributed by atoms with Crippen molar-refractivity contribution in [1.29, 1.82) is 0 Å². The average molecular weight is 245 g/mol. The van der Waals surface area contributed by atoms with Gasteiger partial charge in [0.15, 0.2) is 0 Å². The van der Waals surface area contributed by atoms with E-state index in [0.29, 0.717) is 0 Å². The number of rotatable bonds is 1. The molecule has 0 saturated heterocycles. The molecule has 78 valence electrons. The number of benzene rings is 2. The van der Waals surface area contributed by atoms with Gasteiger partial charge in [-0.3, -0.25) is 0 Å². The lowest BCUT2D eigenvalue weighted by atomic mass is 10.0. The van der Waals surface area contributed by atoms with E-state index >= 15 is 0 Å². The Morgan fingerprint density at radius 1 is 1.06 bits per heavy atom. The minimum absolute atomic E-state index is 0.831. The molecule has 1 aromatic heterocycles. The third kappa shape index (κ3) is 1.70. The van der Waals surface area contributed by atoms with E-state index in [4.69, 9.17) is 0 Å². The van der Waals surface area contributed by atoms with Gasteiger partial charge in [0.1, 0.15) is 0 Å². The van der Waals surface area contributed by atoms with Crippen LogP contribution in [0.2, 0.25) is 0 Å². The number of nitrogens with zero attached hydrogens (tertiary/aromatic N) is 2. The zero-order valence-electron chi connectivity index (χ0n) is 8.68. The van der Waals surface area contributed by atoms with Gasteiger partial charge in [0.2, 0.25) is 5.82 Å². The van der Waals surface area contributed by atoms with E-state index in [2.05, 4.69) is 52.1 Å². The highest BCUT2D eigenvalue weighted by Gasteiger charge is 2.09. The van der Waals surface area contributed by atoms with Crippen LogP contribution in [0, 0.1) is 6.92 Å². The lowest BCUT2D eigenvalue weighted by Crippen LogP contribution is -1.81. The Balaban J connectivity index is 2.20. The molecule has 0 amide bonds. The van der Waals surface area contributed by atoms with Crippen molar-refractivity contribution in [3.63, 3.8) is 0 Å². The average Bonchev–Trinajstić information content (AvgIpc) is 2.82. The monoisotopic (exact) mass is 245 g/mol. The Morgan fingerprint density at radius 3 is 2.69 bits per heavy atom. The second-order valence-corrected chi connectivity index (χ2v) is 5.28. The predicted octanol–water partition coefficient (Wildman–Crippen LogP) is 4.01. The van der Waals surface area contributed by atoms with E-state index in [1.165, 1.54) is 37.4 Å². The summed E-state index contributed by atoms with van der Waals surface area (Å²) in [5.41, 5.74) is 2.38. The van der Waals surface area contributed by atoms with Gasteiger partial charge in [0, 0.05) is 5.56 Å². The molecule has 0 aliphatic heterocycles. The second-order valence-electron chi connectivity index (χ2n) is 3.72. The maximum Gasteiger partial charge on any atom is 0.462 e. The van der Waals surface area contributed by atoms with Crippen LogP contribution in [0.25, 0.3) is 22.2 Å². The summed E-state index contributed by atoms with van der Waals surface area (Å²) in [7, 11) is 2.85. The molecule has 16 heavy (non-hydrogen) atoms. The van der Waals surface area contributed by atoms with Crippen molar-refractivity contribution < 1.29 is 0 Å². The molecule has 0 fully saturated rings. The molecule has 2 aromatic carbocycles. The first kappa shape index (κ1) is 9.81. The van der Waals surface area contributed by atoms with Crippen LogP contribution in [-0.2, 0) is 0 Å². The summed E-state index contributed by atoms with van der Waals surface area (Å²) in [6.45, 7) is 2.11. The molecule has 0 aliphatic carbocycles. The molecule has 0 aliphatic rings. The second kappa shape index (κ2) is 3.88. The number of aromatic nitrogens is 2. The molecule has 0 N–H and O–H groups in total. The SMILES string of the molecule is Cc1ccc2cc(-c3ns[s+]n3)ccc2c1. The van der Waals surface area contributed by atoms with Gasteiger partial charge in [-0.15, -0.1) is 4.37 Å². The van der Waals surface area contributed by atoms with Gasteiger partial charge in [-0.25, -0.2) is 0 Å². The van der Waals surface area contributed by atoms with E-state index in [1.807, 2.05) is 0 Å². The summed E-state index contributed by atoms with van der Waals surface area (Å²) in [6.07, 6.45) is 0. The maximum absolute atomic E-state index is 4.26. The van der Waals surface area contributed by atoms with E-state index in [-0.39, 0.29) is 0 Å². The Hall–Kier alpha value is -1.39. The highest BCUT2D eigenvalue weighted by Crippen LogP contribution is 2.24. The molecule has 1 heterocycles. The highest BCUT2D eigenvalue weighted by atomic mass is 32.9. The highest BCUT2D eigenvalue weighted by molar-refractivity contribution is 7.64. The minimum atomic E-state index is 0.831. The largest absolute Gasteiger partial charge is 0.462 e. The summed E-state index contributed by atoms with van der Waals surface area (Å²) in [4.78, 5) is 0. The fraction of sp³-hybridized carbons (Fsp3) is 0.0833. The van der Waals surface area contributed by atoms with E-state index in [1.54, 1.807) is 0 Å². The van der Waals surface area contributed by atoms with Crippen LogP contribution < -0.4 is 0 Å². The van der Waals surface area contributed by atoms with Gasteiger partial charge in [-0.05, 0) is 23.8 Å². The standard InChI is InChI=1S/C12H9N2S2/c1-8-2-3-10-7-11(5-4-9(10)6-8)12-13-15-16-14-12/h2-7H,1H3/q+1. The van der Waals surface area contributed by atoms with Crippen molar-refractivity contribution in [2.24, 2.45) is 0 Å². The van der Waals surface area contributed by atoms with Gasteiger partial charge >= 0.3 is 21.1 Å². The van der Waals surface area contributed by atoms with Gasteiger partial charge in [-0.2, -0.15) is 0 Å². The third-order valence-electron chi connectivity index (χ3n) is 2.53. The molecule has 3 aromatic rings. The molecule has 0 radical (unpaired) electrons. The first-order valence-electron chi connectivity index (χ1n) is 4.96. The van der Waals surface area contributed by atoms with Gasteiger partial charge in [-0.1, -0.05) is 35.9 Å². The quantitative estimate of drug-likeness (QED) is 0.478. The molecule has 0 saturated carbocycles. The molecule has 0 bridgehead atoms. The molecule has 3 rings (SSSR count). The van der Waals surface area contributed by atoms with Crippen molar-refractivity contribution in [3.8, 4) is 11.4 Å². The molecule has 4 heteroatoms. The van der Waals surface area contributed by atoms with E-state index in [0.717, 1.165) is 11.4 Å². The molecule has 2 nitrogen and oxygen atoms in total. The number of aryl methyl sites for hydroxylation is 1. The lowest BCUT2D eigenvalue weighted by Gasteiger charge is -2.00. The van der Waals surface area contributed by atoms with Crippen molar-refractivity contribution in [1.82, 2.24) is 8.75 Å². The van der Waals surface area contributed by atoms with Crippen LogP contribution in [0.4, 0.5) is 0 Å². The predicted molar refractivity (Wildman–Crippen MR) is 69.9 cm³/mol. The third-order valence-corrected chi connectivity index (χ3v) is 3.74. The lowest BCUT2D eigenvalue weighted by molar-refractivity contribution is 1.39. The van der Waals surface area contributed by atoms with Crippen LogP contribution in [-0.4, -0.2) is 8.75 Å². The van der Waals surface area contributed by atoms with Gasteiger partial charge < -0.3 is 0 Å². The van der Waals surface area contributed by atoms with E-state index < -0.39 is 0 Å². The van der Waals surface area contributed by atoms with Crippen molar-refractivity contribution in [3.05, 3.63) is 42.0 Å². The zero-order valence-corrected chi connectivity index (χ0v) is 10.3. The molecular formula is C12H9N2S2+. The first-order valence-corrected chi connectivity index (χ1v) is 7.02. The van der Waals surface area contributed by atoms with Crippen molar-refractivity contribution in [2.75, 3.05) is 0 Å². The Bertz CT molecular complexity index is 633. The fourth-order valence-electron chi connectivity index (χ4n) is 1.73. The molecule has 0 unspecified atom stereocenters. The summed E-state index contributed by atoms with van der Waals surface area (Å²) in [5.74, 6) is 0.831. The molecule has 0 spiro atoms. The first-order chi connectivity index (χ1) is 7.83. The summed E-state index contributed by atoms with van der Waals surface area (Å²) in [5, 5.41) is 2.51. The Kier molecular flexibility index (Phi) is 2.38. The minimum Gasteiger partial charge on any atom is -0.112 e. The maximum atomic E-state index is 4.26. The fourth-order valence-corrected chi connectivity index (χ4v) is 2.91. The smallest absolute Gasteiger partial charge is 0.112 e. The Morgan fingerprint density at radius 2 is 1.88 bits per heavy atom. The molecule has 0 atom stereocenters. The van der Waals surface area contributed by atoms with Crippen LogP contribution in [0.1, 0.15) is 5.56 Å². The van der Waals surface area contributed by atoms with Gasteiger partial charge in [0.25, 0.3) is 0 Å². The number of fused-ring (bicyclic) bond motifs is 1. The Labute approximate surface area is 101 Å². The van der Waals surface area contributed by atoms with Crippen molar-refractivity contribution >= 4 is 31.8 Å². The normalized spacial score (nSPS) is 10.8. The van der Waals surface area contributed by atoms with Crippen molar-refractivity contribution in [2.45, 2.75) is 6.92 Å². The topological polar surface area (TPSA) is 25.8 Å². The van der Waals surface area contributed by atoms with Crippen LogP contribution in [0.5, 0.6) is 0 Å². The van der Waals surface area contributed by atoms with Crippen LogP contribution in [0.15, 0.2) is 36.4 Å². The van der Waals surface area contributed by atoms with E-state index in [9.17, 15) is 0 Å². The summed E-state index contributed by atoms with van der Waals surface area (Å²) in [6, 6.07) is 12.8. The summed E-state index contributed by atoms with van der Waals surface area (Å²) >= 11 is 0.